The van der Waals surface area contributed by atoms with Gasteiger partial charge in [-0.15, -0.1) is 0 Å². The molecule has 0 saturated carbocycles. The molecule has 0 saturated heterocycles. The highest BCUT2D eigenvalue weighted by Gasteiger charge is 2.16. The molecule has 0 heterocycles. The van der Waals surface area contributed by atoms with Gasteiger partial charge in [0.1, 0.15) is 17.4 Å². The Kier molecular flexibility index (Phi) is 6.05. The van der Waals surface area contributed by atoms with Crippen LogP contribution in [0.25, 0.3) is 0 Å². The first-order valence-corrected chi connectivity index (χ1v) is 8.77. The molecule has 0 aliphatic carbocycles. The van der Waals surface area contributed by atoms with Gasteiger partial charge in [-0.25, -0.2) is 21.9 Å². The Morgan fingerprint density at radius 3 is 2.40 bits per heavy atom. The third kappa shape index (κ3) is 5.23. The fourth-order valence-corrected chi connectivity index (χ4v) is 2.89. The van der Waals surface area contributed by atoms with Gasteiger partial charge in [-0.05, 0) is 43.3 Å². The summed E-state index contributed by atoms with van der Waals surface area (Å²) >= 11 is 0. The molecule has 0 aromatic heterocycles. The van der Waals surface area contributed by atoms with E-state index in [0.29, 0.717) is 18.4 Å². The van der Waals surface area contributed by atoms with E-state index in [2.05, 4.69) is 10.0 Å². The van der Waals surface area contributed by atoms with Crippen molar-refractivity contribution in [3.8, 4) is 5.75 Å². The van der Waals surface area contributed by atoms with Crippen LogP contribution in [-0.2, 0) is 14.8 Å². The van der Waals surface area contributed by atoms with Crippen LogP contribution in [0.2, 0.25) is 0 Å². The summed E-state index contributed by atoms with van der Waals surface area (Å²) < 4.78 is 57.8. The lowest BCUT2D eigenvalue weighted by atomic mass is 10.3. The van der Waals surface area contributed by atoms with Crippen LogP contribution in [0.5, 0.6) is 5.75 Å². The van der Waals surface area contributed by atoms with Crippen LogP contribution >= 0.6 is 0 Å². The minimum Gasteiger partial charge on any atom is -0.494 e. The highest BCUT2D eigenvalue weighted by atomic mass is 32.2. The minimum atomic E-state index is -3.92. The SMILES string of the molecule is CCOc1ccc(S(=O)(=O)NCC(=O)Nc2ccc(F)cc2F)cc1. The lowest BCUT2D eigenvalue weighted by Gasteiger charge is -2.09. The molecular weight excluding hydrogens is 354 g/mol. The third-order valence-corrected chi connectivity index (χ3v) is 4.49. The number of ether oxygens (including phenoxy) is 1. The average molecular weight is 370 g/mol. The fourth-order valence-electron chi connectivity index (χ4n) is 1.91. The summed E-state index contributed by atoms with van der Waals surface area (Å²) in [5.74, 6) is -2.01. The van der Waals surface area contributed by atoms with Crippen molar-refractivity contribution in [1.29, 1.82) is 0 Å². The molecule has 0 aliphatic rings. The molecule has 0 spiro atoms. The van der Waals surface area contributed by atoms with Gasteiger partial charge in [0.2, 0.25) is 15.9 Å². The van der Waals surface area contributed by atoms with E-state index in [0.717, 1.165) is 12.1 Å². The largest absolute Gasteiger partial charge is 0.494 e. The van der Waals surface area contributed by atoms with Gasteiger partial charge in [-0.3, -0.25) is 4.79 Å². The molecule has 0 atom stereocenters. The van der Waals surface area contributed by atoms with Crippen LogP contribution in [0.1, 0.15) is 6.92 Å². The van der Waals surface area contributed by atoms with Crippen molar-refractivity contribution in [2.45, 2.75) is 11.8 Å². The number of sulfonamides is 1. The van der Waals surface area contributed by atoms with Crippen LogP contribution in [-0.4, -0.2) is 27.5 Å². The highest BCUT2D eigenvalue weighted by molar-refractivity contribution is 7.89. The van der Waals surface area contributed by atoms with E-state index in [9.17, 15) is 22.0 Å². The lowest BCUT2D eigenvalue weighted by Crippen LogP contribution is -2.33. The Balaban J connectivity index is 1.97. The van der Waals surface area contributed by atoms with Gasteiger partial charge >= 0.3 is 0 Å². The number of benzene rings is 2. The van der Waals surface area contributed by atoms with Crippen LogP contribution in [0, 0.1) is 11.6 Å². The summed E-state index contributed by atoms with van der Waals surface area (Å²) in [6, 6.07) is 8.29. The zero-order valence-electron chi connectivity index (χ0n) is 13.3. The Labute approximate surface area is 143 Å². The van der Waals surface area contributed by atoms with Crippen LogP contribution in [0.3, 0.4) is 0 Å². The Morgan fingerprint density at radius 1 is 1.12 bits per heavy atom. The predicted octanol–water partition coefficient (Wildman–Crippen LogP) is 2.28. The van der Waals surface area contributed by atoms with Gasteiger partial charge in [-0.2, -0.15) is 0 Å². The molecule has 2 N–H and O–H groups in total. The number of carbonyl (C=O) groups excluding carboxylic acids is 1. The first-order valence-electron chi connectivity index (χ1n) is 7.29. The number of halogens is 2. The van der Waals surface area contributed by atoms with Crippen molar-refractivity contribution in [2.24, 2.45) is 0 Å². The third-order valence-electron chi connectivity index (χ3n) is 3.07. The molecular formula is C16H16F2N2O4S. The predicted molar refractivity (Wildman–Crippen MR) is 87.8 cm³/mol. The van der Waals surface area contributed by atoms with E-state index in [-0.39, 0.29) is 10.6 Å². The van der Waals surface area contributed by atoms with Crippen LogP contribution < -0.4 is 14.8 Å². The standard InChI is InChI=1S/C16H16F2N2O4S/c1-2-24-12-4-6-13(7-5-12)25(22,23)19-10-16(21)20-15-8-3-11(17)9-14(15)18/h3-9,19H,2,10H2,1H3,(H,20,21). The summed E-state index contributed by atoms with van der Waals surface area (Å²) in [6.45, 7) is 1.64. The number of hydrogen-bond donors (Lipinski definition) is 2. The van der Waals surface area contributed by atoms with Crippen LogP contribution in [0.15, 0.2) is 47.4 Å². The molecule has 0 aliphatic heterocycles. The zero-order chi connectivity index (χ0) is 18.4. The Hall–Kier alpha value is -2.52. The van der Waals surface area contributed by atoms with Crippen molar-refractivity contribution >= 4 is 21.6 Å². The minimum absolute atomic E-state index is 0.0447. The van der Waals surface area contributed by atoms with Gasteiger partial charge in [0.15, 0.2) is 0 Å². The Bertz CT molecular complexity index is 855. The van der Waals surface area contributed by atoms with Crippen molar-refractivity contribution < 1.29 is 26.7 Å². The molecule has 0 radical (unpaired) electrons. The molecule has 2 rings (SSSR count). The molecule has 1 amide bonds. The Morgan fingerprint density at radius 2 is 1.80 bits per heavy atom. The summed E-state index contributed by atoms with van der Waals surface area (Å²) in [5, 5.41) is 2.16. The molecule has 6 nitrogen and oxygen atoms in total. The van der Waals surface area contributed by atoms with Gasteiger partial charge in [-0.1, -0.05) is 0 Å². The van der Waals surface area contributed by atoms with Crippen molar-refractivity contribution in [1.82, 2.24) is 4.72 Å². The number of amides is 1. The summed E-state index contributed by atoms with van der Waals surface area (Å²) in [7, 11) is -3.92. The molecule has 0 fully saturated rings. The summed E-state index contributed by atoms with van der Waals surface area (Å²) in [6.07, 6.45) is 0. The number of hydrogen-bond acceptors (Lipinski definition) is 4. The molecule has 134 valence electrons. The van der Waals surface area contributed by atoms with E-state index < -0.39 is 34.1 Å². The zero-order valence-corrected chi connectivity index (χ0v) is 14.1. The van der Waals surface area contributed by atoms with Gasteiger partial charge < -0.3 is 10.1 Å². The van der Waals surface area contributed by atoms with E-state index >= 15 is 0 Å². The second kappa shape index (κ2) is 8.04. The normalized spacial score (nSPS) is 11.2. The quantitative estimate of drug-likeness (QED) is 0.783. The monoisotopic (exact) mass is 370 g/mol. The second-order valence-electron chi connectivity index (χ2n) is 4.90. The maximum absolute atomic E-state index is 13.4. The highest BCUT2D eigenvalue weighted by Crippen LogP contribution is 2.16. The maximum Gasteiger partial charge on any atom is 0.241 e. The number of carbonyl (C=O) groups is 1. The number of nitrogens with one attached hydrogen (secondary N) is 2. The van der Waals surface area contributed by atoms with Crippen molar-refractivity contribution in [3.05, 3.63) is 54.1 Å². The summed E-state index contributed by atoms with van der Waals surface area (Å²) in [4.78, 5) is 11.7. The molecule has 0 unspecified atom stereocenters. The van der Waals surface area contributed by atoms with Gasteiger partial charge in [0.05, 0.1) is 23.7 Å². The van der Waals surface area contributed by atoms with Gasteiger partial charge in [0, 0.05) is 6.07 Å². The van der Waals surface area contributed by atoms with E-state index in [1.165, 1.54) is 24.3 Å². The van der Waals surface area contributed by atoms with E-state index in [1.54, 1.807) is 6.92 Å². The molecule has 9 heteroatoms. The fraction of sp³-hybridized carbons (Fsp3) is 0.188. The van der Waals surface area contributed by atoms with E-state index in [1.807, 2.05) is 0 Å². The first kappa shape index (κ1) is 18.8. The van der Waals surface area contributed by atoms with Crippen LogP contribution in [0.4, 0.5) is 14.5 Å². The summed E-state index contributed by atoms with van der Waals surface area (Å²) in [5.41, 5.74) is -0.244. The topological polar surface area (TPSA) is 84.5 Å². The number of rotatable bonds is 7. The van der Waals surface area contributed by atoms with E-state index in [4.69, 9.17) is 4.74 Å². The first-order chi connectivity index (χ1) is 11.8. The lowest BCUT2D eigenvalue weighted by molar-refractivity contribution is -0.115. The smallest absolute Gasteiger partial charge is 0.241 e. The second-order valence-corrected chi connectivity index (χ2v) is 6.67. The van der Waals surface area contributed by atoms with Gasteiger partial charge in [0.25, 0.3) is 0 Å². The maximum atomic E-state index is 13.4. The average Bonchev–Trinajstić information content (AvgIpc) is 2.57. The molecule has 2 aromatic carbocycles. The van der Waals surface area contributed by atoms with Crippen molar-refractivity contribution in [2.75, 3.05) is 18.5 Å². The van der Waals surface area contributed by atoms with Crippen molar-refractivity contribution in [3.63, 3.8) is 0 Å². The molecule has 0 bridgehead atoms. The number of anilines is 1. The molecule has 2 aromatic rings. The molecule has 25 heavy (non-hydrogen) atoms.